The van der Waals surface area contributed by atoms with Gasteiger partial charge in [-0.3, -0.25) is 4.79 Å². The maximum atomic E-state index is 12.3. The summed E-state index contributed by atoms with van der Waals surface area (Å²) in [7, 11) is 2.76. The molecule has 0 saturated carbocycles. The van der Waals surface area contributed by atoms with Gasteiger partial charge >= 0.3 is 5.97 Å². The Morgan fingerprint density at radius 2 is 1.57 bits per heavy atom. The zero-order chi connectivity index (χ0) is 15.4. The van der Waals surface area contributed by atoms with Crippen LogP contribution in [0.5, 0.6) is 11.5 Å². The van der Waals surface area contributed by atoms with E-state index in [0.29, 0.717) is 16.9 Å². The van der Waals surface area contributed by atoms with E-state index in [1.807, 2.05) is 0 Å². The van der Waals surface area contributed by atoms with Crippen LogP contribution in [0.3, 0.4) is 0 Å². The molecular weight excluding hydrogens is 272 g/mol. The number of phenolic OH excluding ortho intramolecular Hbond substituents is 1. The van der Waals surface area contributed by atoms with Crippen molar-refractivity contribution in [1.29, 1.82) is 0 Å². The zero-order valence-corrected chi connectivity index (χ0v) is 11.6. The van der Waals surface area contributed by atoms with Crippen molar-refractivity contribution in [2.24, 2.45) is 0 Å². The van der Waals surface area contributed by atoms with E-state index in [1.54, 1.807) is 6.07 Å². The first-order chi connectivity index (χ1) is 10.1. The Bertz CT molecular complexity index is 674. The lowest BCUT2D eigenvalue weighted by atomic mass is 10.0. The predicted octanol–water partition coefficient (Wildman–Crippen LogP) is 2.42. The SMILES string of the molecule is COC(=O)c1ccc(C(=O)c2ccc(OC)cc2O)cc1. The number of ether oxygens (including phenoxy) is 2. The van der Waals surface area contributed by atoms with Crippen LogP contribution < -0.4 is 4.74 Å². The van der Waals surface area contributed by atoms with Crippen molar-refractivity contribution in [2.75, 3.05) is 14.2 Å². The molecule has 0 bridgehead atoms. The molecular formula is C16H14O5. The summed E-state index contributed by atoms with van der Waals surface area (Å²) in [5, 5.41) is 9.86. The van der Waals surface area contributed by atoms with Crippen LogP contribution in [-0.2, 0) is 4.74 Å². The van der Waals surface area contributed by atoms with Crippen LogP contribution in [0.2, 0.25) is 0 Å². The molecule has 2 aromatic rings. The third kappa shape index (κ3) is 3.02. The minimum absolute atomic E-state index is 0.156. The van der Waals surface area contributed by atoms with Crippen LogP contribution in [0, 0.1) is 0 Å². The molecule has 0 amide bonds. The average Bonchev–Trinajstić information content (AvgIpc) is 2.53. The molecule has 0 aromatic heterocycles. The number of benzene rings is 2. The summed E-state index contributed by atoms with van der Waals surface area (Å²) in [6.45, 7) is 0. The summed E-state index contributed by atoms with van der Waals surface area (Å²) in [5.41, 5.74) is 0.887. The van der Waals surface area contributed by atoms with Gasteiger partial charge in [-0.1, -0.05) is 12.1 Å². The van der Waals surface area contributed by atoms with Gasteiger partial charge in [-0.05, 0) is 24.3 Å². The maximum absolute atomic E-state index is 12.3. The summed E-state index contributed by atoms with van der Waals surface area (Å²) < 4.78 is 9.56. The lowest BCUT2D eigenvalue weighted by Gasteiger charge is -2.07. The number of hydrogen-bond acceptors (Lipinski definition) is 5. The molecule has 108 valence electrons. The molecule has 5 heteroatoms. The molecule has 2 aromatic carbocycles. The van der Waals surface area contributed by atoms with E-state index in [2.05, 4.69) is 4.74 Å². The standard InChI is InChI=1S/C16H14O5/c1-20-12-7-8-13(14(17)9-12)15(18)10-3-5-11(6-4-10)16(19)21-2/h3-9,17H,1-2H3. The number of rotatable bonds is 4. The molecule has 1 N–H and O–H groups in total. The maximum Gasteiger partial charge on any atom is 0.337 e. The second-order valence-electron chi connectivity index (χ2n) is 4.28. The summed E-state index contributed by atoms with van der Waals surface area (Å²) in [6.07, 6.45) is 0. The number of carbonyl (C=O) groups excluding carboxylic acids is 2. The number of phenols is 1. The highest BCUT2D eigenvalue weighted by Gasteiger charge is 2.15. The molecule has 0 aliphatic heterocycles. The molecule has 0 atom stereocenters. The van der Waals surface area contributed by atoms with Gasteiger partial charge in [0.05, 0.1) is 25.3 Å². The number of methoxy groups -OCH3 is 2. The van der Waals surface area contributed by atoms with Crippen molar-refractivity contribution < 1.29 is 24.2 Å². The van der Waals surface area contributed by atoms with E-state index in [9.17, 15) is 14.7 Å². The smallest absolute Gasteiger partial charge is 0.337 e. The van der Waals surface area contributed by atoms with Crippen molar-refractivity contribution in [1.82, 2.24) is 0 Å². The number of aromatic hydroxyl groups is 1. The van der Waals surface area contributed by atoms with E-state index in [4.69, 9.17) is 4.74 Å². The average molecular weight is 286 g/mol. The molecule has 0 spiro atoms. The van der Waals surface area contributed by atoms with Crippen LogP contribution in [-0.4, -0.2) is 31.1 Å². The first-order valence-electron chi connectivity index (χ1n) is 6.17. The number of ketones is 1. The van der Waals surface area contributed by atoms with E-state index in [0.717, 1.165) is 0 Å². The Morgan fingerprint density at radius 3 is 2.10 bits per heavy atom. The summed E-state index contributed by atoms with van der Waals surface area (Å²) in [6, 6.07) is 10.5. The summed E-state index contributed by atoms with van der Waals surface area (Å²) in [4.78, 5) is 23.6. The van der Waals surface area contributed by atoms with Gasteiger partial charge < -0.3 is 14.6 Å². The van der Waals surface area contributed by atoms with E-state index in [-0.39, 0.29) is 17.1 Å². The zero-order valence-electron chi connectivity index (χ0n) is 11.6. The number of esters is 1. The topological polar surface area (TPSA) is 72.8 Å². The van der Waals surface area contributed by atoms with Gasteiger partial charge in [-0.15, -0.1) is 0 Å². The Kier molecular flexibility index (Phi) is 4.23. The normalized spacial score (nSPS) is 10.0. The third-order valence-electron chi connectivity index (χ3n) is 3.02. The molecule has 0 aliphatic carbocycles. The van der Waals surface area contributed by atoms with Crippen molar-refractivity contribution >= 4 is 11.8 Å². The van der Waals surface area contributed by atoms with E-state index < -0.39 is 5.97 Å². The second kappa shape index (κ2) is 6.09. The van der Waals surface area contributed by atoms with Crippen LogP contribution in [0.25, 0.3) is 0 Å². The van der Waals surface area contributed by atoms with Crippen molar-refractivity contribution in [2.45, 2.75) is 0 Å². The van der Waals surface area contributed by atoms with Gasteiger partial charge in [-0.25, -0.2) is 4.79 Å². The Hall–Kier alpha value is -2.82. The minimum Gasteiger partial charge on any atom is -0.507 e. The van der Waals surface area contributed by atoms with Gasteiger partial charge in [0.25, 0.3) is 0 Å². The molecule has 5 nitrogen and oxygen atoms in total. The third-order valence-corrected chi connectivity index (χ3v) is 3.02. The Morgan fingerprint density at radius 1 is 0.952 bits per heavy atom. The predicted molar refractivity (Wildman–Crippen MR) is 75.9 cm³/mol. The molecule has 0 fully saturated rings. The molecule has 21 heavy (non-hydrogen) atoms. The highest BCUT2D eigenvalue weighted by molar-refractivity contribution is 6.11. The largest absolute Gasteiger partial charge is 0.507 e. The van der Waals surface area contributed by atoms with Gasteiger partial charge in [-0.2, -0.15) is 0 Å². The lowest BCUT2D eigenvalue weighted by molar-refractivity contribution is 0.0600. The van der Waals surface area contributed by atoms with Crippen LogP contribution in [0.1, 0.15) is 26.3 Å². The summed E-state index contributed by atoms with van der Waals surface area (Å²) >= 11 is 0. The quantitative estimate of drug-likeness (QED) is 0.690. The molecule has 2 rings (SSSR count). The highest BCUT2D eigenvalue weighted by atomic mass is 16.5. The van der Waals surface area contributed by atoms with Crippen LogP contribution >= 0.6 is 0 Å². The monoisotopic (exact) mass is 286 g/mol. The summed E-state index contributed by atoms with van der Waals surface area (Å²) in [5.74, 6) is -0.505. The van der Waals surface area contributed by atoms with Crippen LogP contribution in [0.4, 0.5) is 0 Å². The van der Waals surface area contributed by atoms with Crippen molar-refractivity contribution in [3.8, 4) is 11.5 Å². The van der Waals surface area contributed by atoms with E-state index >= 15 is 0 Å². The van der Waals surface area contributed by atoms with E-state index in [1.165, 1.54) is 50.6 Å². The fourth-order valence-corrected chi connectivity index (χ4v) is 1.86. The fraction of sp³-hybridized carbons (Fsp3) is 0.125. The van der Waals surface area contributed by atoms with Gasteiger partial charge in [0.15, 0.2) is 5.78 Å². The minimum atomic E-state index is -0.471. The first kappa shape index (κ1) is 14.6. The molecule has 0 radical (unpaired) electrons. The molecule has 0 saturated heterocycles. The van der Waals surface area contributed by atoms with Crippen molar-refractivity contribution in [3.63, 3.8) is 0 Å². The van der Waals surface area contributed by atoms with Gasteiger partial charge in [0, 0.05) is 11.6 Å². The van der Waals surface area contributed by atoms with Crippen molar-refractivity contribution in [3.05, 3.63) is 59.2 Å². The molecule has 0 heterocycles. The second-order valence-corrected chi connectivity index (χ2v) is 4.28. The van der Waals surface area contributed by atoms with Crippen LogP contribution in [0.15, 0.2) is 42.5 Å². The Balaban J connectivity index is 2.30. The Labute approximate surface area is 121 Å². The lowest BCUT2D eigenvalue weighted by Crippen LogP contribution is -2.04. The fourth-order valence-electron chi connectivity index (χ4n) is 1.86. The number of hydrogen-bond donors (Lipinski definition) is 1. The van der Waals surface area contributed by atoms with Gasteiger partial charge in [0.1, 0.15) is 11.5 Å². The molecule has 0 unspecified atom stereocenters. The molecule has 0 aliphatic rings. The highest BCUT2D eigenvalue weighted by Crippen LogP contribution is 2.25. The van der Waals surface area contributed by atoms with Gasteiger partial charge in [0.2, 0.25) is 0 Å². The first-order valence-corrected chi connectivity index (χ1v) is 6.17. The number of carbonyl (C=O) groups is 2.